The van der Waals surface area contributed by atoms with Crippen molar-refractivity contribution in [2.24, 2.45) is 11.8 Å². The van der Waals surface area contributed by atoms with E-state index in [-0.39, 0.29) is 6.10 Å². The lowest BCUT2D eigenvalue weighted by molar-refractivity contribution is -0.143. The molecule has 2 saturated heterocycles. The molecule has 0 radical (unpaired) electrons. The summed E-state index contributed by atoms with van der Waals surface area (Å²) in [6.45, 7) is 7.46. The molecule has 1 aliphatic carbocycles. The van der Waals surface area contributed by atoms with Crippen molar-refractivity contribution < 1.29 is 9.53 Å². The topological polar surface area (TPSA) is 45.7 Å². The first-order valence-electron chi connectivity index (χ1n) is 9.23. The number of fused-ring (bicyclic) bond motifs is 1. The highest BCUT2D eigenvalue weighted by Gasteiger charge is 2.37. The molecule has 2 atom stereocenters. The summed E-state index contributed by atoms with van der Waals surface area (Å²) in [5, 5.41) is 3.30. The van der Waals surface area contributed by atoms with Crippen molar-refractivity contribution in [3.63, 3.8) is 0 Å². The van der Waals surface area contributed by atoms with E-state index in [4.69, 9.17) is 4.74 Å². The van der Waals surface area contributed by atoms with Crippen LogP contribution in [0.2, 0.25) is 0 Å². The number of hydrogen-bond acceptors (Lipinski definition) is 5. The number of thiazole rings is 1. The van der Waals surface area contributed by atoms with Gasteiger partial charge in [-0.1, -0.05) is 6.42 Å². The number of amides is 1. The van der Waals surface area contributed by atoms with E-state index in [0.29, 0.717) is 17.7 Å². The van der Waals surface area contributed by atoms with Gasteiger partial charge in [0, 0.05) is 49.9 Å². The third kappa shape index (κ3) is 3.51. The fraction of sp³-hybridized carbons (Fsp3) is 0.778. The number of carbonyl (C=O) groups excluding carboxylic acids is 1. The predicted octanol–water partition coefficient (Wildman–Crippen LogP) is 2.30. The smallest absolute Gasteiger partial charge is 0.225 e. The molecule has 1 aromatic rings. The van der Waals surface area contributed by atoms with Gasteiger partial charge < -0.3 is 9.64 Å². The molecule has 6 heteroatoms. The Kier molecular flexibility index (Phi) is 4.88. The van der Waals surface area contributed by atoms with Crippen LogP contribution in [-0.4, -0.2) is 59.6 Å². The van der Waals surface area contributed by atoms with Crippen LogP contribution in [0.15, 0.2) is 5.38 Å². The lowest BCUT2D eigenvalue weighted by Crippen LogP contribution is -2.51. The zero-order valence-corrected chi connectivity index (χ0v) is 15.3. The van der Waals surface area contributed by atoms with Gasteiger partial charge >= 0.3 is 0 Å². The number of nitrogens with zero attached hydrogens (tertiary/aromatic N) is 3. The van der Waals surface area contributed by atoms with Gasteiger partial charge in [0.25, 0.3) is 0 Å². The minimum atomic E-state index is 0.213. The SMILES string of the molecule is Cc1nc(CN2CCO[C@H]3CN(C(=O)C4CCC4)CC[C@H]3C2)cs1. The van der Waals surface area contributed by atoms with E-state index in [1.807, 2.05) is 0 Å². The number of carbonyl (C=O) groups is 1. The Labute approximate surface area is 148 Å². The molecule has 0 unspecified atom stereocenters. The fourth-order valence-electron chi connectivity index (χ4n) is 4.09. The van der Waals surface area contributed by atoms with Crippen molar-refractivity contribution in [1.29, 1.82) is 0 Å². The zero-order chi connectivity index (χ0) is 16.5. The van der Waals surface area contributed by atoms with Gasteiger partial charge in [-0.3, -0.25) is 9.69 Å². The van der Waals surface area contributed by atoms with Crippen molar-refractivity contribution in [1.82, 2.24) is 14.8 Å². The van der Waals surface area contributed by atoms with E-state index < -0.39 is 0 Å². The molecule has 3 fully saturated rings. The molecule has 2 aliphatic heterocycles. The van der Waals surface area contributed by atoms with Crippen LogP contribution in [0.4, 0.5) is 0 Å². The Morgan fingerprint density at radius 3 is 2.92 bits per heavy atom. The zero-order valence-electron chi connectivity index (χ0n) is 14.4. The summed E-state index contributed by atoms with van der Waals surface area (Å²) in [5.41, 5.74) is 1.17. The molecule has 0 spiro atoms. The molecule has 5 nitrogen and oxygen atoms in total. The molecule has 3 heterocycles. The summed E-state index contributed by atoms with van der Waals surface area (Å²) in [4.78, 5) is 21.6. The monoisotopic (exact) mass is 349 g/mol. The number of hydrogen-bond donors (Lipinski definition) is 0. The van der Waals surface area contributed by atoms with Gasteiger partial charge in [-0.15, -0.1) is 11.3 Å². The molecular weight excluding hydrogens is 322 g/mol. The van der Waals surface area contributed by atoms with E-state index in [0.717, 1.165) is 63.6 Å². The van der Waals surface area contributed by atoms with Crippen molar-refractivity contribution in [3.05, 3.63) is 16.1 Å². The Morgan fingerprint density at radius 2 is 2.21 bits per heavy atom. The number of rotatable bonds is 3. The molecule has 3 aliphatic rings. The van der Waals surface area contributed by atoms with Gasteiger partial charge in [0.2, 0.25) is 5.91 Å². The second kappa shape index (κ2) is 7.10. The van der Waals surface area contributed by atoms with Crippen LogP contribution in [0.25, 0.3) is 0 Å². The minimum Gasteiger partial charge on any atom is -0.375 e. The van der Waals surface area contributed by atoms with Crippen molar-refractivity contribution in [2.45, 2.75) is 45.3 Å². The van der Waals surface area contributed by atoms with Gasteiger partial charge in [0.15, 0.2) is 0 Å². The highest BCUT2D eigenvalue weighted by Crippen LogP contribution is 2.31. The van der Waals surface area contributed by atoms with Crippen LogP contribution in [0, 0.1) is 18.8 Å². The molecule has 0 N–H and O–H groups in total. The molecule has 0 aromatic carbocycles. The largest absolute Gasteiger partial charge is 0.375 e. The highest BCUT2D eigenvalue weighted by atomic mass is 32.1. The first-order valence-corrected chi connectivity index (χ1v) is 10.1. The summed E-state index contributed by atoms with van der Waals surface area (Å²) in [6.07, 6.45) is 4.68. The van der Waals surface area contributed by atoms with Crippen molar-refractivity contribution in [2.75, 3.05) is 32.8 Å². The second-order valence-electron chi connectivity index (χ2n) is 7.46. The number of aryl methyl sites for hydroxylation is 1. The number of likely N-dealkylation sites (tertiary alicyclic amines) is 1. The van der Waals surface area contributed by atoms with Crippen molar-refractivity contribution >= 4 is 17.2 Å². The summed E-state index contributed by atoms with van der Waals surface area (Å²) < 4.78 is 6.14. The minimum absolute atomic E-state index is 0.213. The summed E-state index contributed by atoms with van der Waals surface area (Å²) in [5.74, 6) is 1.22. The van der Waals surface area contributed by atoms with Crippen LogP contribution < -0.4 is 0 Å². The average molecular weight is 350 g/mol. The number of aromatic nitrogens is 1. The van der Waals surface area contributed by atoms with E-state index in [1.54, 1.807) is 11.3 Å². The molecular formula is C18H27N3O2S. The maximum atomic E-state index is 12.5. The Bertz CT molecular complexity index is 587. The number of ether oxygens (including phenoxy) is 1. The van der Waals surface area contributed by atoms with E-state index in [1.165, 1.54) is 12.1 Å². The number of piperidine rings is 1. The van der Waals surface area contributed by atoms with E-state index in [2.05, 4.69) is 27.1 Å². The third-order valence-electron chi connectivity index (χ3n) is 5.75. The van der Waals surface area contributed by atoms with E-state index >= 15 is 0 Å². The summed E-state index contributed by atoms with van der Waals surface area (Å²) >= 11 is 1.72. The maximum absolute atomic E-state index is 12.5. The van der Waals surface area contributed by atoms with Gasteiger partial charge in [0.1, 0.15) is 0 Å². The van der Waals surface area contributed by atoms with Crippen LogP contribution in [0.1, 0.15) is 36.4 Å². The maximum Gasteiger partial charge on any atom is 0.225 e. The molecule has 24 heavy (non-hydrogen) atoms. The first-order chi connectivity index (χ1) is 11.7. The Hall–Kier alpha value is -0.980. The molecule has 132 valence electrons. The van der Waals surface area contributed by atoms with Gasteiger partial charge in [-0.2, -0.15) is 0 Å². The van der Waals surface area contributed by atoms with Crippen LogP contribution in [0.3, 0.4) is 0 Å². The van der Waals surface area contributed by atoms with E-state index in [9.17, 15) is 4.79 Å². The van der Waals surface area contributed by atoms with Gasteiger partial charge in [-0.05, 0) is 26.2 Å². The summed E-state index contributed by atoms with van der Waals surface area (Å²) in [7, 11) is 0. The average Bonchev–Trinajstić information content (AvgIpc) is 2.80. The van der Waals surface area contributed by atoms with Crippen LogP contribution in [0.5, 0.6) is 0 Å². The molecule has 4 rings (SSSR count). The Morgan fingerprint density at radius 1 is 1.33 bits per heavy atom. The molecule has 1 saturated carbocycles. The molecule has 1 aromatic heterocycles. The molecule has 1 amide bonds. The fourth-order valence-corrected chi connectivity index (χ4v) is 4.69. The lowest BCUT2D eigenvalue weighted by atomic mass is 9.83. The first kappa shape index (κ1) is 16.5. The lowest BCUT2D eigenvalue weighted by Gasteiger charge is -2.40. The summed E-state index contributed by atoms with van der Waals surface area (Å²) in [6, 6.07) is 0. The van der Waals surface area contributed by atoms with Crippen molar-refractivity contribution in [3.8, 4) is 0 Å². The third-order valence-corrected chi connectivity index (χ3v) is 6.57. The quantitative estimate of drug-likeness (QED) is 0.840. The second-order valence-corrected chi connectivity index (χ2v) is 8.53. The molecule has 0 bridgehead atoms. The van der Waals surface area contributed by atoms with Crippen LogP contribution >= 0.6 is 11.3 Å². The highest BCUT2D eigenvalue weighted by molar-refractivity contribution is 7.09. The van der Waals surface area contributed by atoms with Gasteiger partial charge in [0.05, 0.1) is 23.4 Å². The normalized spacial score (nSPS) is 29.0. The Balaban J connectivity index is 1.34. The standard InChI is InChI=1S/C18H27N3O2S/c1-13-19-16(12-24-13)10-20-7-8-23-17-11-21(6-5-15(17)9-20)18(22)14-3-2-4-14/h12,14-15,17H,2-11H2,1H3/t15-,17-/m0/s1. The van der Waals surface area contributed by atoms with Crippen LogP contribution in [-0.2, 0) is 16.1 Å². The van der Waals surface area contributed by atoms with Gasteiger partial charge in [-0.25, -0.2) is 4.98 Å². The predicted molar refractivity (Wildman–Crippen MR) is 93.9 cm³/mol.